The van der Waals surface area contributed by atoms with Gasteiger partial charge in [-0.2, -0.15) is 0 Å². The van der Waals surface area contributed by atoms with Crippen LogP contribution in [0.4, 0.5) is 0 Å². The van der Waals surface area contributed by atoms with Crippen molar-refractivity contribution in [2.45, 2.75) is 77.0 Å². The molecular formula is C20H30N2O3. The lowest BCUT2D eigenvalue weighted by atomic mass is 9.86. The van der Waals surface area contributed by atoms with Gasteiger partial charge in [-0.3, -0.25) is 9.59 Å². The van der Waals surface area contributed by atoms with Crippen molar-refractivity contribution in [3.8, 4) is 0 Å². The molecule has 2 amide bonds. The Bertz CT molecular complexity index is 604. The lowest BCUT2D eigenvalue weighted by Crippen LogP contribution is -2.52. The van der Waals surface area contributed by atoms with Crippen molar-refractivity contribution in [1.82, 2.24) is 10.6 Å². The molecule has 138 valence electrons. The zero-order valence-electron chi connectivity index (χ0n) is 15.6. The van der Waals surface area contributed by atoms with Gasteiger partial charge in [0.05, 0.1) is 12.1 Å². The summed E-state index contributed by atoms with van der Waals surface area (Å²) in [4.78, 5) is 24.6. The first kappa shape index (κ1) is 19.4. The Kier molecular flexibility index (Phi) is 6.22. The number of rotatable bonds is 4. The van der Waals surface area contributed by atoms with Gasteiger partial charge in [0.2, 0.25) is 5.91 Å². The highest BCUT2D eigenvalue weighted by Crippen LogP contribution is 2.22. The molecule has 0 aromatic heterocycles. The molecule has 1 aromatic rings. The van der Waals surface area contributed by atoms with E-state index in [9.17, 15) is 14.7 Å². The molecule has 1 aliphatic carbocycles. The zero-order chi connectivity index (χ0) is 18.6. The molecule has 25 heavy (non-hydrogen) atoms. The minimum atomic E-state index is -0.649. The van der Waals surface area contributed by atoms with E-state index in [0.29, 0.717) is 12.0 Å². The second-order valence-electron chi connectivity index (χ2n) is 7.99. The number of benzene rings is 1. The molecule has 1 aliphatic rings. The Morgan fingerprint density at radius 1 is 1.12 bits per heavy atom. The molecule has 0 radical (unpaired) electrons. The van der Waals surface area contributed by atoms with Crippen LogP contribution in [0.2, 0.25) is 0 Å². The summed E-state index contributed by atoms with van der Waals surface area (Å²) < 4.78 is 0. The van der Waals surface area contributed by atoms with Gasteiger partial charge in [0.25, 0.3) is 5.91 Å². The van der Waals surface area contributed by atoms with Crippen molar-refractivity contribution in [1.29, 1.82) is 0 Å². The maximum absolute atomic E-state index is 12.3. The largest absolute Gasteiger partial charge is 0.391 e. The Labute approximate surface area is 150 Å². The highest BCUT2D eigenvalue weighted by molar-refractivity contribution is 5.97. The summed E-state index contributed by atoms with van der Waals surface area (Å²) in [7, 11) is 0. The van der Waals surface area contributed by atoms with Crippen molar-refractivity contribution in [2.24, 2.45) is 0 Å². The van der Waals surface area contributed by atoms with E-state index >= 15 is 0 Å². The van der Waals surface area contributed by atoms with Crippen LogP contribution in [0.5, 0.6) is 0 Å². The molecule has 0 bridgehead atoms. The molecule has 3 unspecified atom stereocenters. The summed E-state index contributed by atoms with van der Waals surface area (Å²) in [5, 5.41) is 15.5. The minimum absolute atomic E-state index is 0.0308. The second kappa shape index (κ2) is 8.00. The fraction of sp³-hybridized carbons (Fsp3) is 0.600. The smallest absolute Gasteiger partial charge is 0.251 e. The molecular weight excluding hydrogens is 316 g/mol. The molecule has 5 nitrogen and oxygen atoms in total. The third-order valence-corrected chi connectivity index (χ3v) is 4.81. The van der Waals surface area contributed by atoms with Crippen LogP contribution in [0.15, 0.2) is 24.3 Å². The number of hydrogen-bond donors (Lipinski definition) is 3. The molecule has 0 heterocycles. The monoisotopic (exact) mass is 346 g/mol. The number of nitrogens with one attached hydrogen (secondary N) is 2. The number of carbonyl (C=O) groups is 2. The van der Waals surface area contributed by atoms with Crippen LogP contribution >= 0.6 is 0 Å². The maximum Gasteiger partial charge on any atom is 0.251 e. The third kappa shape index (κ3) is 5.30. The van der Waals surface area contributed by atoms with Gasteiger partial charge in [-0.15, -0.1) is 0 Å². The predicted octanol–water partition coefficient (Wildman–Crippen LogP) is 2.52. The van der Waals surface area contributed by atoms with Gasteiger partial charge in [-0.25, -0.2) is 0 Å². The van der Waals surface area contributed by atoms with Crippen molar-refractivity contribution in [3.63, 3.8) is 0 Å². The first-order chi connectivity index (χ1) is 11.7. The Morgan fingerprint density at radius 2 is 1.72 bits per heavy atom. The maximum atomic E-state index is 12.3. The van der Waals surface area contributed by atoms with E-state index in [1.165, 1.54) is 0 Å². The molecule has 0 spiro atoms. The normalized spacial score (nSPS) is 22.1. The van der Waals surface area contributed by atoms with Gasteiger partial charge in [-0.05, 0) is 42.9 Å². The van der Waals surface area contributed by atoms with E-state index in [1.807, 2.05) is 12.1 Å². The number of hydrogen-bond acceptors (Lipinski definition) is 3. The van der Waals surface area contributed by atoms with Crippen LogP contribution in [0.25, 0.3) is 0 Å². The molecule has 1 fully saturated rings. The molecule has 0 saturated heterocycles. The van der Waals surface area contributed by atoms with Crippen molar-refractivity contribution >= 4 is 11.8 Å². The van der Waals surface area contributed by atoms with E-state index in [2.05, 4.69) is 31.4 Å². The van der Waals surface area contributed by atoms with Gasteiger partial charge >= 0.3 is 0 Å². The highest BCUT2D eigenvalue weighted by Gasteiger charge is 2.26. The lowest BCUT2D eigenvalue weighted by Gasteiger charge is -2.29. The number of aliphatic hydroxyl groups is 1. The standard InChI is InChI=1S/C20H30N2O3/c1-13(18(24)22-16-7-5-6-8-17(16)23)21-19(25)14-9-11-15(12-10-14)20(2,3)4/h9-13,16-17,23H,5-8H2,1-4H3,(H,21,25)(H,22,24). The van der Waals surface area contributed by atoms with E-state index in [0.717, 1.165) is 24.8 Å². The zero-order valence-corrected chi connectivity index (χ0v) is 15.6. The molecule has 3 atom stereocenters. The Hall–Kier alpha value is -1.88. The van der Waals surface area contributed by atoms with Gasteiger partial charge in [0.15, 0.2) is 0 Å². The SMILES string of the molecule is CC(NC(=O)c1ccc(C(C)(C)C)cc1)C(=O)NC1CCCCC1O. The fourth-order valence-corrected chi connectivity index (χ4v) is 3.05. The van der Waals surface area contributed by atoms with Gasteiger partial charge < -0.3 is 15.7 Å². The van der Waals surface area contributed by atoms with Crippen molar-refractivity contribution in [3.05, 3.63) is 35.4 Å². The van der Waals surface area contributed by atoms with Crippen molar-refractivity contribution in [2.75, 3.05) is 0 Å². The first-order valence-electron chi connectivity index (χ1n) is 9.08. The van der Waals surface area contributed by atoms with Gasteiger partial charge in [-0.1, -0.05) is 45.7 Å². The van der Waals surface area contributed by atoms with Crippen LogP contribution in [0.3, 0.4) is 0 Å². The first-order valence-corrected chi connectivity index (χ1v) is 9.08. The second-order valence-corrected chi connectivity index (χ2v) is 7.99. The Morgan fingerprint density at radius 3 is 2.28 bits per heavy atom. The topological polar surface area (TPSA) is 78.4 Å². The Balaban J connectivity index is 1.91. The van der Waals surface area contributed by atoms with Crippen LogP contribution in [-0.2, 0) is 10.2 Å². The average molecular weight is 346 g/mol. The minimum Gasteiger partial charge on any atom is -0.391 e. The third-order valence-electron chi connectivity index (χ3n) is 4.81. The fourth-order valence-electron chi connectivity index (χ4n) is 3.05. The number of carbonyl (C=O) groups excluding carboxylic acids is 2. The number of amides is 2. The molecule has 1 saturated carbocycles. The quantitative estimate of drug-likeness (QED) is 0.784. The molecule has 2 rings (SSSR count). The summed E-state index contributed by atoms with van der Waals surface area (Å²) >= 11 is 0. The predicted molar refractivity (Wildman–Crippen MR) is 98.5 cm³/mol. The molecule has 0 aliphatic heterocycles. The average Bonchev–Trinajstić information content (AvgIpc) is 2.56. The summed E-state index contributed by atoms with van der Waals surface area (Å²) in [6.45, 7) is 8.02. The van der Waals surface area contributed by atoms with E-state index in [-0.39, 0.29) is 23.3 Å². The van der Waals surface area contributed by atoms with Crippen LogP contribution < -0.4 is 10.6 Å². The van der Waals surface area contributed by atoms with Crippen LogP contribution in [0, 0.1) is 0 Å². The van der Waals surface area contributed by atoms with E-state index < -0.39 is 12.1 Å². The lowest BCUT2D eigenvalue weighted by molar-refractivity contribution is -0.124. The molecule has 1 aromatic carbocycles. The van der Waals surface area contributed by atoms with Gasteiger partial charge in [0, 0.05) is 5.56 Å². The summed E-state index contributed by atoms with van der Waals surface area (Å²) in [6, 6.07) is 6.59. The molecule has 3 N–H and O–H groups in total. The highest BCUT2D eigenvalue weighted by atomic mass is 16.3. The van der Waals surface area contributed by atoms with E-state index in [4.69, 9.17) is 0 Å². The summed E-state index contributed by atoms with van der Waals surface area (Å²) in [5.41, 5.74) is 1.72. The van der Waals surface area contributed by atoms with E-state index in [1.54, 1.807) is 19.1 Å². The van der Waals surface area contributed by atoms with Crippen LogP contribution in [-0.4, -0.2) is 35.1 Å². The molecule has 5 heteroatoms. The summed E-state index contributed by atoms with van der Waals surface area (Å²) in [6.07, 6.45) is 2.99. The van der Waals surface area contributed by atoms with Gasteiger partial charge in [0.1, 0.15) is 6.04 Å². The summed E-state index contributed by atoms with van der Waals surface area (Å²) in [5.74, 6) is -0.530. The van der Waals surface area contributed by atoms with Crippen molar-refractivity contribution < 1.29 is 14.7 Å². The van der Waals surface area contributed by atoms with Crippen LogP contribution in [0.1, 0.15) is 69.3 Å². The number of aliphatic hydroxyl groups excluding tert-OH is 1.